The van der Waals surface area contributed by atoms with Gasteiger partial charge in [-0.15, -0.1) is 0 Å². The van der Waals surface area contributed by atoms with Gasteiger partial charge >= 0.3 is 12.1 Å². The van der Waals surface area contributed by atoms with Crippen LogP contribution in [0.25, 0.3) is 0 Å². The molecule has 1 rings (SSSR count). The molecule has 0 aliphatic rings. The molecule has 0 heterocycles. The molecule has 0 saturated carbocycles. The van der Waals surface area contributed by atoms with Gasteiger partial charge in [-0.3, -0.25) is 4.79 Å². The molecule has 0 bridgehead atoms. The number of carbonyl (C=O) groups excluding carboxylic acids is 1. The third kappa shape index (κ3) is 4.58. The summed E-state index contributed by atoms with van der Waals surface area (Å²) in [4.78, 5) is 23.3. The van der Waals surface area contributed by atoms with Crippen molar-refractivity contribution >= 4 is 11.9 Å². The van der Waals surface area contributed by atoms with Crippen LogP contribution in [0.15, 0.2) is 42.5 Å². The Morgan fingerprint density at radius 1 is 1.17 bits per heavy atom. The second-order valence-electron chi connectivity index (χ2n) is 4.99. The van der Waals surface area contributed by atoms with Crippen LogP contribution in [0.2, 0.25) is 0 Å². The number of carboxylic acid groups (broad SMARTS) is 1. The summed E-state index contributed by atoms with van der Waals surface area (Å²) in [6, 6.07) is 7.17. The quantitative estimate of drug-likeness (QED) is 0.752. The second kappa shape index (κ2) is 7.80. The number of aliphatic carboxylic acids is 1. The third-order valence-corrected chi connectivity index (χ3v) is 3.26. The summed E-state index contributed by atoms with van der Waals surface area (Å²) >= 11 is 0. The lowest BCUT2D eigenvalue weighted by atomic mass is 9.93. The van der Waals surface area contributed by atoms with E-state index in [-0.39, 0.29) is 5.56 Å². The maximum Gasteiger partial charge on any atom is 0.422 e. The molecule has 126 valence electrons. The first-order chi connectivity index (χ1) is 10.7. The van der Waals surface area contributed by atoms with E-state index in [0.717, 1.165) is 12.5 Å². The van der Waals surface area contributed by atoms with Crippen LogP contribution >= 0.6 is 0 Å². The lowest BCUT2D eigenvalue weighted by Gasteiger charge is -2.31. The van der Waals surface area contributed by atoms with Crippen LogP contribution in [-0.4, -0.2) is 28.7 Å². The smallest absolute Gasteiger partial charge is 0.422 e. The second-order valence-corrected chi connectivity index (χ2v) is 4.99. The Morgan fingerprint density at radius 3 is 2.26 bits per heavy atom. The number of rotatable bonds is 7. The molecule has 0 aromatic heterocycles. The average Bonchev–Trinajstić information content (AvgIpc) is 2.49. The number of halogens is 3. The van der Waals surface area contributed by atoms with E-state index in [2.05, 4.69) is 0 Å². The molecule has 1 atom stereocenters. The maximum atomic E-state index is 13.4. The van der Waals surface area contributed by atoms with Gasteiger partial charge in [-0.1, -0.05) is 43.7 Å². The Kier molecular flexibility index (Phi) is 6.36. The first kappa shape index (κ1) is 18.7. The first-order valence-electron chi connectivity index (χ1n) is 7.07. The standard InChI is InChI=1S/C16H18F3NO3/c1-2-3-4-8-11-15(14(22)23,16(17,18)19)20-13(21)12-9-6-5-7-10-12/h4-10H,2-3,11H2,1H3,(H,20,21)(H,22,23)/b8-4+. The van der Waals surface area contributed by atoms with Crippen LogP contribution in [0, 0.1) is 0 Å². The molecule has 0 fully saturated rings. The number of benzene rings is 1. The third-order valence-electron chi connectivity index (χ3n) is 3.26. The van der Waals surface area contributed by atoms with E-state index in [1.165, 1.54) is 30.3 Å². The van der Waals surface area contributed by atoms with Gasteiger partial charge in [-0.05, 0) is 18.6 Å². The molecule has 0 radical (unpaired) electrons. The average molecular weight is 329 g/mol. The summed E-state index contributed by atoms with van der Waals surface area (Å²) in [6.07, 6.45) is -2.15. The van der Waals surface area contributed by atoms with Gasteiger partial charge < -0.3 is 10.4 Å². The van der Waals surface area contributed by atoms with Gasteiger partial charge in [0.25, 0.3) is 5.91 Å². The van der Waals surface area contributed by atoms with Gasteiger partial charge in [-0.25, -0.2) is 4.79 Å². The minimum Gasteiger partial charge on any atom is -0.479 e. The highest BCUT2D eigenvalue weighted by Gasteiger charge is 2.61. The fraction of sp³-hybridized carbons (Fsp3) is 0.375. The van der Waals surface area contributed by atoms with Gasteiger partial charge in [0.1, 0.15) is 0 Å². The SMILES string of the molecule is CCC/C=C/CC(NC(=O)c1ccccc1)(C(=O)O)C(F)(F)F. The molecule has 1 amide bonds. The number of nitrogens with one attached hydrogen (secondary N) is 1. The van der Waals surface area contributed by atoms with E-state index in [9.17, 15) is 22.8 Å². The maximum absolute atomic E-state index is 13.4. The van der Waals surface area contributed by atoms with E-state index in [0.29, 0.717) is 6.42 Å². The summed E-state index contributed by atoms with van der Waals surface area (Å²) in [5.74, 6) is -3.23. The zero-order valence-electron chi connectivity index (χ0n) is 12.6. The predicted octanol–water partition coefficient (Wildman–Crippen LogP) is 3.55. The van der Waals surface area contributed by atoms with Crippen molar-refractivity contribution in [2.75, 3.05) is 0 Å². The number of hydrogen-bond donors (Lipinski definition) is 2. The fourth-order valence-corrected chi connectivity index (χ4v) is 1.90. The number of carbonyl (C=O) groups is 2. The number of hydrogen-bond acceptors (Lipinski definition) is 2. The van der Waals surface area contributed by atoms with Crippen LogP contribution in [0.5, 0.6) is 0 Å². The van der Waals surface area contributed by atoms with Crippen molar-refractivity contribution in [2.24, 2.45) is 0 Å². The zero-order chi connectivity index (χ0) is 17.5. The number of allylic oxidation sites excluding steroid dienone is 1. The van der Waals surface area contributed by atoms with Gasteiger partial charge in [0.05, 0.1) is 0 Å². The molecule has 1 aromatic rings. The minimum absolute atomic E-state index is 0.0417. The molecule has 0 spiro atoms. The van der Waals surface area contributed by atoms with Crippen LogP contribution in [-0.2, 0) is 4.79 Å². The Bertz CT molecular complexity index is 570. The molecule has 0 saturated heterocycles. The lowest BCUT2D eigenvalue weighted by molar-refractivity contribution is -0.207. The summed E-state index contributed by atoms with van der Waals surface area (Å²) in [7, 11) is 0. The van der Waals surface area contributed by atoms with Crippen molar-refractivity contribution in [2.45, 2.75) is 37.9 Å². The minimum atomic E-state index is -5.14. The fourth-order valence-electron chi connectivity index (χ4n) is 1.90. The van der Waals surface area contributed by atoms with Crippen molar-refractivity contribution in [3.63, 3.8) is 0 Å². The molecular formula is C16H18F3NO3. The van der Waals surface area contributed by atoms with Gasteiger partial charge in [-0.2, -0.15) is 13.2 Å². The molecule has 2 N–H and O–H groups in total. The van der Waals surface area contributed by atoms with Gasteiger partial charge in [0.15, 0.2) is 0 Å². The number of amides is 1. The van der Waals surface area contributed by atoms with E-state index >= 15 is 0 Å². The molecule has 4 nitrogen and oxygen atoms in total. The summed E-state index contributed by atoms with van der Waals surface area (Å²) in [6.45, 7) is 1.84. The highest BCUT2D eigenvalue weighted by Crippen LogP contribution is 2.34. The molecular weight excluding hydrogens is 311 g/mol. The molecule has 0 aliphatic carbocycles. The first-order valence-corrected chi connectivity index (χ1v) is 7.07. The van der Waals surface area contributed by atoms with Crippen LogP contribution in [0.1, 0.15) is 36.5 Å². The highest BCUT2D eigenvalue weighted by molar-refractivity contribution is 5.98. The van der Waals surface area contributed by atoms with Crippen molar-refractivity contribution < 1.29 is 27.9 Å². The van der Waals surface area contributed by atoms with Crippen LogP contribution < -0.4 is 5.32 Å². The summed E-state index contributed by atoms with van der Waals surface area (Å²) in [5.41, 5.74) is -3.40. The Balaban J connectivity index is 3.12. The largest absolute Gasteiger partial charge is 0.479 e. The number of alkyl halides is 3. The molecule has 1 unspecified atom stereocenters. The normalized spacial score (nSPS) is 14.4. The highest BCUT2D eigenvalue weighted by atomic mass is 19.4. The number of carboxylic acids is 1. The summed E-state index contributed by atoms with van der Waals surface area (Å²) < 4.78 is 40.1. The monoisotopic (exact) mass is 329 g/mol. The van der Waals surface area contributed by atoms with Crippen molar-refractivity contribution in [3.8, 4) is 0 Å². The summed E-state index contributed by atoms with van der Waals surface area (Å²) in [5, 5.41) is 10.8. The Hall–Kier alpha value is -2.31. The molecule has 1 aromatic carbocycles. The molecule has 7 heteroatoms. The van der Waals surface area contributed by atoms with Gasteiger partial charge in [0, 0.05) is 12.0 Å². The zero-order valence-corrected chi connectivity index (χ0v) is 12.6. The van der Waals surface area contributed by atoms with Crippen LogP contribution in [0.4, 0.5) is 13.2 Å². The van der Waals surface area contributed by atoms with Crippen molar-refractivity contribution in [1.29, 1.82) is 0 Å². The topological polar surface area (TPSA) is 66.4 Å². The Labute approximate surface area is 132 Å². The number of unbranched alkanes of at least 4 members (excludes halogenated alkanes) is 1. The molecule has 0 aliphatic heterocycles. The van der Waals surface area contributed by atoms with E-state index in [1.54, 1.807) is 11.4 Å². The van der Waals surface area contributed by atoms with E-state index in [4.69, 9.17) is 5.11 Å². The lowest BCUT2D eigenvalue weighted by Crippen LogP contribution is -2.63. The van der Waals surface area contributed by atoms with E-state index < -0.39 is 30.0 Å². The Morgan fingerprint density at radius 2 is 1.78 bits per heavy atom. The predicted molar refractivity (Wildman–Crippen MR) is 79.0 cm³/mol. The van der Waals surface area contributed by atoms with Gasteiger partial charge in [0.2, 0.25) is 5.54 Å². The van der Waals surface area contributed by atoms with Crippen molar-refractivity contribution in [3.05, 3.63) is 48.0 Å². The van der Waals surface area contributed by atoms with E-state index in [1.807, 2.05) is 6.92 Å². The van der Waals surface area contributed by atoms with Crippen LogP contribution in [0.3, 0.4) is 0 Å². The van der Waals surface area contributed by atoms with Crippen molar-refractivity contribution in [1.82, 2.24) is 5.32 Å². The molecule has 23 heavy (non-hydrogen) atoms.